The van der Waals surface area contributed by atoms with Gasteiger partial charge in [0.05, 0.1) is 18.8 Å². The Bertz CT molecular complexity index is 1300. The molecule has 0 aliphatic heterocycles. The minimum atomic E-state index is -1.06. The number of oxazole rings is 1. The first-order valence-corrected chi connectivity index (χ1v) is 10.2. The third kappa shape index (κ3) is 4.74. The fourth-order valence-electron chi connectivity index (χ4n) is 3.18. The van der Waals surface area contributed by atoms with E-state index in [-0.39, 0.29) is 17.9 Å². The molecule has 0 bridgehead atoms. The Balaban J connectivity index is 1.50. The van der Waals surface area contributed by atoms with E-state index in [9.17, 15) is 13.6 Å². The molecule has 2 aromatic heterocycles. The van der Waals surface area contributed by atoms with Gasteiger partial charge in [-0.2, -0.15) is 0 Å². The maximum atomic E-state index is 13.4. The van der Waals surface area contributed by atoms with Crippen molar-refractivity contribution in [1.82, 2.24) is 20.0 Å². The van der Waals surface area contributed by atoms with Crippen LogP contribution in [0.2, 0.25) is 0 Å². The smallest absolute Gasteiger partial charge is 0.278 e. The maximum absolute atomic E-state index is 13.4. The second kappa shape index (κ2) is 9.19. The van der Waals surface area contributed by atoms with E-state index in [1.807, 2.05) is 31.2 Å². The lowest BCUT2D eigenvalue weighted by atomic mass is 10.2. The van der Waals surface area contributed by atoms with Gasteiger partial charge in [0.25, 0.3) is 5.91 Å². The molecule has 0 saturated carbocycles. The summed E-state index contributed by atoms with van der Waals surface area (Å²) < 4.78 is 39.3. The van der Waals surface area contributed by atoms with E-state index >= 15 is 0 Å². The van der Waals surface area contributed by atoms with Crippen LogP contribution in [0.4, 0.5) is 14.5 Å². The van der Waals surface area contributed by atoms with Gasteiger partial charge in [-0.25, -0.2) is 18.4 Å². The minimum absolute atomic E-state index is 0.0626. The van der Waals surface area contributed by atoms with Crippen LogP contribution < -0.4 is 10.1 Å². The average molecular weight is 453 g/mol. The summed E-state index contributed by atoms with van der Waals surface area (Å²) in [6.07, 6.45) is 0. The van der Waals surface area contributed by atoms with Gasteiger partial charge < -0.3 is 14.5 Å². The van der Waals surface area contributed by atoms with Crippen molar-refractivity contribution in [2.24, 2.45) is 0 Å². The molecule has 0 radical (unpaired) electrons. The molecule has 8 nitrogen and oxygen atoms in total. The molecular weight excluding hydrogens is 432 g/mol. The number of amides is 1. The first kappa shape index (κ1) is 22.1. The molecule has 0 saturated heterocycles. The molecule has 2 heterocycles. The van der Waals surface area contributed by atoms with Crippen molar-refractivity contribution in [3.63, 3.8) is 0 Å². The number of ether oxygens (including phenoxy) is 1. The van der Waals surface area contributed by atoms with Crippen LogP contribution in [-0.2, 0) is 6.54 Å². The van der Waals surface area contributed by atoms with Crippen LogP contribution in [0.1, 0.15) is 34.6 Å². The Labute approximate surface area is 188 Å². The largest absolute Gasteiger partial charge is 0.494 e. The van der Waals surface area contributed by atoms with Gasteiger partial charge in [-0.15, -0.1) is 5.10 Å². The average Bonchev–Trinajstić information content (AvgIpc) is 3.34. The van der Waals surface area contributed by atoms with Crippen LogP contribution >= 0.6 is 0 Å². The Kier molecular flexibility index (Phi) is 6.16. The number of anilines is 1. The highest BCUT2D eigenvalue weighted by Crippen LogP contribution is 2.25. The maximum Gasteiger partial charge on any atom is 0.278 e. The molecule has 10 heteroatoms. The molecule has 0 aliphatic carbocycles. The van der Waals surface area contributed by atoms with Crippen molar-refractivity contribution in [3.05, 3.63) is 76.9 Å². The summed E-state index contributed by atoms with van der Waals surface area (Å²) in [7, 11) is 0. The predicted molar refractivity (Wildman–Crippen MR) is 116 cm³/mol. The third-order valence-corrected chi connectivity index (χ3v) is 4.98. The second-order valence-corrected chi connectivity index (χ2v) is 7.24. The van der Waals surface area contributed by atoms with Crippen molar-refractivity contribution in [2.75, 3.05) is 11.9 Å². The first-order chi connectivity index (χ1) is 15.9. The monoisotopic (exact) mass is 453 g/mol. The van der Waals surface area contributed by atoms with Crippen LogP contribution in [0.5, 0.6) is 5.75 Å². The van der Waals surface area contributed by atoms with Crippen molar-refractivity contribution in [3.8, 4) is 17.2 Å². The van der Waals surface area contributed by atoms with E-state index < -0.39 is 17.5 Å². The van der Waals surface area contributed by atoms with E-state index in [0.717, 1.165) is 23.4 Å². The van der Waals surface area contributed by atoms with Crippen molar-refractivity contribution in [2.45, 2.75) is 27.3 Å². The van der Waals surface area contributed by atoms with Crippen LogP contribution in [0.15, 0.2) is 46.9 Å². The van der Waals surface area contributed by atoms with Gasteiger partial charge in [0, 0.05) is 17.3 Å². The van der Waals surface area contributed by atoms with Crippen molar-refractivity contribution in [1.29, 1.82) is 0 Å². The molecule has 0 spiro atoms. The minimum Gasteiger partial charge on any atom is -0.494 e. The highest BCUT2D eigenvalue weighted by Gasteiger charge is 2.20. The number of aryl methyl sites for hydroxylation is 1. The summed E-state index contributed by atoms with van der Waals surface area (Å²) in [6, 6.07) is 10.5. The zero-order valence-electron chi connectivity index (χ0n) is 18.2. The topological polar surface area (TPSA) is 95.1 Å². The van der Waals surface area contributed by atoms with Gasteiger partial charge in [-0.1, -0.05) is 5.21 Å². The zero-order chi connectivity index (χ0) is 23.5. The van der Waals surface area contributed by atoms with Crippen LogP contribution in [0.3, 0.4) is 0 Å². The summed E-state index contributed by atoms with van der Waals surface area (Å²) in [5.41, 5.74) is 2.10. The van der Waals surface area contributed by atoms with Crippen molar-refractivity contribution >= 4 is 11.6 Å². The van der Waals surface area contributed by atoms with Gasteiger partial charge in [0.15, 0.2) is 17.3 Å². The number of nitrogens with zero attached hydrogens (tertiary/aromatic N) is 4. The van der Waals surface area contributed by atoms with E-state index in [2.05, 4.69) is 20.6 Å². The molecule has 0 aliphatic rings. The van der Waals surface area contributed by atoms with Gasteiger partial charge >= 0.3 is 0 Å². The number of hydrogen-bond donors (Lipinski definition) is 1. The Morgan fingerprint density at radius 3 is 2.58 bits per heavy atom. The number of rotatable bonds is 7. The van der Waals surface area contributed by atoms with E-state index in [0.29, 0.717) is 29.6 Å². The van der Waals surface area contributed by atoms with Crippen LogP contribution in [0, 0.1) is 25.5 Å². The standard InChI is InChI=1S/C23H21F2N5O3/c1-4-32-17-8-5-15(6-9-17)23-27-20(14(3)33-23)12-30-13(2)21(28-29-30)22(31)26-16-7-10-18(24)19(25)11-16/h5-11H,4,12H2,1-3H3,(H,26,31). The summed E-state index contributed by atoms with van der Waals surface area (Å²) in [6.45, 7) is 6.22. The molecule has 2 aromatic carbocycles. The van der Waals surface area contributed by atoms with E-state index in [1.165, 1.54) is 10.7 Å². The highest BCUT2D eigenvalue weighted by molar-refractivity contribution is 6.03. The molecule has 170 valence electrons. The van der Waals surface area contributed by atoms with Gasteiger partial charge in [0.1, 0.15) is 17.2 Å². The Morgan fingerprint density at radius 2 is 1.88 bits per heavy atom. The van der Waals surface area contributed by atoms with Crippen LogP contribution in [-0.4, -0.2) is 32.5 Å². The number of carbonyl (C=O) groups excluding carboxylic acids is 1. The van der Waals surface area contributed by atoms with E-state index in [1.54, 1.807) is 13.8 Å². The molecule has 4 rings (SSSR count). The van der Waals surface area contributed by atoms with Crippen LogP contribution in [0.25, 0.3) is 11.5 Å². The molecular formula is C23H21F2N5O3. The molecule has 33 heavy (non-hydrogen) atoms. The SMILES string of the molecule is CCOc1ccc(-c2nc(Cn3nnc(C(=O)Nc4ccc(F)c(F)c4)c3C)c(C)o2)cc1. The number of nitrogens with one attached hydrogen (secondary N) is 1. The lowest BCUT2D eigenvalue weighted by Crippen LogP contribution is -2.15. The molecule has 0 fully saturated rings. The molecule has 1 N–H and O–H groups in total. The number of aromatic nitrogens is 4. The zero-order valence-corrected chi connectivity index (χ0v) is 18.2. The lowest BCUT2D eigenvalue weighted by molar-refractivity contribution is 0.102. The van der Waals surface area contributed by atoms with Gasteiger partial charge in [-0.3, -0.25) is 4.79 Å². The Hall–Kier alpha value is -4.08. The van der Waals surface area contributed by atoms with Gasteiger partial charge in [-0.05, 0) is 57.2 Å². The second-order valence-electron chi connectivity index (χ2n) is 7.24. The lowest BCUT2D eigenvalue weighted by Gasteiger charge is -2.05. The molecule has 4 aromatic rings. The summed E-state index contributed by atoms with van der Waals surface area (Å²) >= 11 is 0. The number of benzene rings is 2. The van der Waals surface area contributed by atoms with E-state index in [4.69, 9.17) is 9.15 Å². The fraction of sp³-hybridized carbons (Fsp3) is 0.217. The highest BCUT2D eigenvalue weighted by atomic mass is 19.2. The third-order valence-electron chi connectivity index (χ3n) is 4.98. The molecule has 0 atom stereocenters. The first-order valence-electron chi connectivity index (χ1n) is 10.2. The number of halogens is 2. The Morgan fingerprint density at radius 1 is 1.12 bits per heavy atom. The summed E-state index contributed by atoms with van der Waals surface area (Å²) in [5, 5.41) is 10.5. The molecule has 1 amide bonds. The number of carbonyl (C=O) groups is 1. The number of hydrogen-bond acceptors (Lipinski definition) is 6. The van der Waals surface area contributed by atoms with Crippen molar-refractivity contribution < 1.29 is 22.7 Å². The summed E-state index contributed by atoms with van der Waals surface area (Å²) in [5.74, 6) is -0.809. The van der Waals surface area contributed by atoms with Gasteiger partial charge in [0.2, 0.25) is 5.89 Å². The normalized spacial score (nSPS) is 10.9. The fourth-order valence-corrected chi connectivity index (χ4v) is 3.18. The molecule has 0 unspecified atom stereocenters. The summed E-state index contributed by atoms with van der Waals surface area (Å²) in [4.78, 5) is 17.1. The quantitative estimate of drug-likeness (QED) is 0.442. The predicted octanol–water partition coefficient (Wildman–Crippen LogP) is 4.53.